The largest absolute Gasteiger partial charge is 0.319 e. The van der Waals surface area contributed by atoms with E-state index in [9.17, 15) is 19.6 Å². The summed E-state index contributed by atoms with van der Waals surface area (Å²) in [5, 5.41) is 11.9. The van der Waals surface area contributed by atoms with Gasteiger partial charge in [-0.1, -0.05) is 36.4 Å². The Labute approximate surface area is 191 Å². The highest BCUT2D eigenvalue weighted by Crippen LogP contribution is 2.28. The molecule has 7 heteroatoms. The van der Waals surface area contributed by atoms with E-state index in [4.69, 9.17) is 0 Å². The molecule has 7 nitrogen and oxygen atoms in total. The van der Waals surface area contributed by atoms with Gasteiger partial charge in [0.15, 0.2) is 0 Å². The average molecular weight is 438 g/mol. The van der Waals surface area contributed by atoms with E-state index >= 15 is 0 Å². The molecule has 1 atom stereocenters. The van der Waals surface area contributed by atoms with E-state index in [0.29, 0.717) is 11.3 Å². The van der Waals surface area contributed by atoms with Crippen LogP contribution in [-0.2, 0) is 20.8 Å². The molecule has 3 aromatic rings. The third kappa shape index (κ3) is 4.06. The summed E-state index contributed by atoms with van der Waals surface area (Å²) in [4.78, 5) is 40.1. The molecule has 0 aliphatic carbocycles. The van der Waals surface area contributed by atoms with Gasteiger partial charge in [0.25, 0.3) is 11.8 Å². The minimum Gasteiger partial charge on any atom is -0.319 e. The molecule has 0 bridgehead atoms. The van der Waals surface area contributed by atoms with Crippen LogP contribution >= 0.6 is 0 Å². The Balaban J connectivity index is 1.72. The number of amides is 3. The van der Waals surface area contributed by atoms with Gasteiger partial charge in [0.2, 0.25) is 5.91 Å². The van der Waals surface area contributed by atoms with Crippen molar-refractivity contribution in [3.63, 3.8) is 0 Å². The van der Waals surface area contributed by atoms with Crippen LogP contribution < -0.4 is 5.32 Å². The molecule has 33 heavy (non-hydrogen) atoms. The number of hydrogen-bond acceptors (Lipinski definition) is 4. The fourth-order valence-corrected chi connectivity index (χ4v) is 4.12. The van der Waals surface area contributed by atoms with Gasteiger partial charge in [0.1, 0.15) is 11.2 Å². The third-order valence-corrected chi connectivity index (χ3v) is 5.70. The van der Waals surface area contributed by atoms with Gasteiger partial charge >= 0.3 is 0 Å². The molecule has 3 amide bonds. The van der Waals surface area contributed by atoms with Crippen LogP contribution in [0.2, 0.25) is 0 Å². The number of benzene rings is 2. The molecular formula is C26H22N4O3. The summed E-state index contributed by atoms with van der Waals surface area (Å²) in [5.41, 5.74) is 1.35. The summed E-state index contributed by atoms with van der Waals surface area (Å²) in [5.74, 6) is -1.51. The number of aromatic nitrogens is 1. The van der Waals surface area contributed by atoms with Crippen LogP contribution in [-0.4, -0.2) is 32.7 Å². The lowest BCUT2D eigenvalue weighted by Crippen LogP contribution is -2.67. The number of nitrogens with one attached hydrogen (secondary N) is 1. The first-order chi connectivity index (χ1) is 15.8. The number of carbonyl (C=O) groups is 3. The molecule has 0 radical (unpaired) electrons. The number of imide groups is 1. The highest BCUT2D eigenvalue weighted by Gasteiger charge is 2.49. The molecule has 2 heterocycles. The van der Waals surface area contributed by atoms with E-state index in [1.807, 2.05) is 36.4 Å². The van der Waals surface area contributed by atoms with Crippen LogP contribution in [0.5, 0.6) is 0 Å². The van der Waals surface area contributed by atoms with E-state index in [-0.39, 0.29) is 12.1 Å². The van der Waals surface area contributed by atoms with Crippen molar-refractivity contribution in [2.24, 2.45) is 0 Å². The second-order valence-electron chi connectivity index (χ2n) is 8.07. The predicted octanol–water partition coefficient (Wildman–Crippen LogP) is 3.20. The molecule has 164 valence electrons. The van der Waals surface area contributed by atoms with Crippen LogP contribution in [0.4, 0.5) is 0 Å². The van der Waals surface area contributed by atoms with Crippen LogP contribution in [0, 0.1) is 11.3 Å². The Morgan fingerprint density at radius 2 is 1.85 bits per heavy atom. The van der Waals surface area contributed by atoms with Gasteiger partial charge in [-0.15, -0.1) is 0 Å². The van der Waals surface area contributed by atoms with E-state index in [1.54, 1.807) is 48.0 Å². The topological polar surface area (TPSA) is 95.2 Å². The zero-order valence-electron chi connectivity index (χ0n) is 18.3. The number of piperazine rings is 1. The van der Waals surface area contributed by atoms with Crippen LogP contribution in [0.25, 0.3) is 11.8 Å². The smallest absolute Gasteiger partial charge is 0.278 e. The molecule has 1 aliphatic rings. The van der Waals surface area contributed by atoms with Gasteiger partial charge < -0.3 is 9.88 Å². The van der Waals surface area contributed by atoms with Crippen molar-refractivity contribution < 1.29 is 14.4 Å². The maximum Gasteiger partial charge on any atom is 0.278 e. The molecule has 1 saturated heterocycles. The van der Waals surface area contributed by atoms with Gasteiger partial charge in [-0.05, 0) is 48.9 Å². The molecule has 0 saturated carbocycles. The van der Waals surface area contributed by atoms with Crippen molar-refractivity contribution in [3.05, 3.63) is 95.4 Å². The SMILES string of the molecule is CC(=O)N1C(=O)/C(=C/c2cccn2-c2cccc(C#N)c2)NC(=O)C1(C)Cc1ccccc1. The van der Waals surface area contributed by atoms with Crippen molar-refractivity contribution >= 4 is 23.8 Å². The lowest BCUT2D eigenvalue weighted by Gasteiger charge is -2.42. The van der Waals surface area contributed by atoms with E-state index in [2.05, 4.69) is 11.4 Å². The zero-order chi connectivity index (χ0) is 23.6. The van der Waals surface area contributed by atoms with Gasteiger partial charge in [-0.25, -0.2) is 0 Å². The normalized spacial score (nSPS) is 19.3. The number of hydrogen-bond donors (Lipinski definition) is 1. The van der Waals surface area contributed by atoms with Gasteiger partial charge in [-0.3, -0.25) is 19.3 Å². The van der Waals surface area contributed by atoms with Crippen LogP contribution in [0.1, 0.15) is 30.7 Å². The number of nitriles is 1. The van der Waals surface area contributed by atoms with Crippen LogP contribution in [0.3, 0.4) is 0 Å². The van der Waals surface area contributed by atoms with Crippen molar-refractivity contribution in [3.8, 4) is 11.8 Å². The second kappa shape index (κ2) is 8.60. The third-order valence-electron chi connectivity index (χ3n) is 5.70. The summed E-state index contributed by atoms with van der Waals surface area (Å²) < 4.78 is 1.79. The molecule has 2 aromatic carbocycles. The molecule has 1 aliphatic heterocycles. The van der Waals surface area contributed by atoms with Crippen molar-refractivity contribution in [2.45, 2.75) is 25.8 Å². The van der Waals surface area contributed by atoms with Crippen molar-refractivity contribution in [2.75, 3.05) is 0 Å². The van der Waals surface area contributed by atoms with Crippen molar-refractivity contribution in [1.29, 1.82) is 5.26 Å². The minimum atomic E-state index is -1.36. The van der Waals surface area contributed by atoms with E-state index in [0.717, 1.165) is 16.2 Å². The number of carbonyl (C=O) groups excluding carboxylic acids is 3. The number of nitrogens with zero attached hydrogens (tertiary/aromatic N) is 3. The second-order valence-corrected chi connectivity index (χ2v) is 8.07. The van der Waals surface area contributed by atoms with E-state index in [1.165, 1.54) is 13.0 Å². The monoisotopic (exact) mass is 438 g/mol. The molecule has 1 aromatic heterocycles. The maximum absolute atomic E-state index is 13.4. The Hall–Kier alpha value is -4.44. The summed E-state index contributed by atoms with van der Waals surface area (Å²) >= 11 is 0. The summed E-state index contributed by atoms with van der Waals surface area (Å²) in [7, 11) is 0. The quantitative estimate of drug-likeness (QED) is 0.633. The first kappa shape index (κ1) is 21.8. The lowest BCUT2D eigenvalue weighted by atomic mass is 9.87. The minimum absolute atomic E-state index is 0.0112. The first-order valence-corrected chi connectivity index (χ1v) is 10.4. The van der Waals surface area contributed by atoms with E-state index < -0.39 is 23.3 Å². The molecule has 1 unspecified atom stereocenters. The Morgan fingerprint density at radius 3 is 2.55 bits per heavy atom. The average Bonchev–Trinajstić information content (AvgIpc) is 3.26. The molecule has 1 N–H and O–H groups in total. The summed E-state index contributed by atoms with van der Waals surface area (Å²) in [6, 6.07) is 22.0. The summed E-state index contributed by atoms with van der Waals surface area (Å²) in [6.45, 7) is 2.88. The molecule has 4 rings (SSSR count). The summed E-state index contributed by atoms with van der Waals surface area (Å²) in [6.07, 6.45) is 3.53. The molecule has 1 fully saturated rings. The Bertz CT molecular complexity index is 1320. The van der Waals surface area contributed by atoms with Gasteiger partial charge in [-0.2, -0.15) is 5.26 Å². The highest BCUT2D eigenvalue weighted by atomic mass is 16.2. The molecular weight excluding hydrogens is 416 g/mol. The van der Waals surface area contributed by atoms with Gasteiger partial charge in [0, 0.05) is 30.9 Å². The zero-order valence-corrected chi connectivity index (χ0v) is 18.3. The first-order valence-electron chi connectivity index (χ1n) is 10.4. The lowest BCUT2D eigenvalue weighted by molar-refractivity contribution is -0.158. The Kier molecular flexibility index (Phi) is 5.67. The fourth-order valence-electron chi connectivity index (χ4n) is 4.12. The predicted molar refractivity (Wildman–Crippen MR) is 123 cm³/mol. The van der Waals surface area contributed by atoms with Crippen LogP contribution in [0.15, 0.2) is 78.6 Å². The maximum atomic E-state index is 13.4. The van der Waals surface area contributed by atoms with Crippen molar-refractivity contribution in [1.82, 2.24) is 14.8 Å². The Morgan fingerprint density at radius 1 is 1.09 bits per heavy atom. The molecule has 0 spiro atoms. The number of rotatable bonds is 4. The standard InChI is InChI=1S/C26H22N4O3/c1-18(31)30-24(32)23(28-25(33)26(30,2)16-19-8-4-3-5-9-19)15-22-12-7-13-29(22)21-11-6-10-20(14-21)17-27/h3-15H,16H2,1-2H3,(H,28,33)/b23-15-. The highest BCUT2D eigenvalue weighted by molar-refractivity contribution is 6.15. The van der Waals surface area contributed by atoms with Gasteiger partial charge in [0.05, 0.1) is 11.6 Å². The fraction of sp³-hybridized carbons (Fsp3) is 0.154.